The largest absolute Gasteiger partial charge is 0.433 e. The lowest BCUT2D eigenvalue weighted by Crippen LogP contribution is -2.14. The second-order valence-electron chi connectivity index (χ2n) is 6.09. The minimum absolute atomic E-state index is 0.0608. The number of rotatable bonds is 6. The fraction of sp³-hybridized carbons (Fsp3) is 0.368. The Bertz CT molecular complexity index is 889. The number of carbonyl (C=O) groups is 1. The van der Waals surface area contributed by atoms with Crippen molar-refractivity contribution in [3.63, 3.8) is 0 Å². The van der Waals surface area contributed by atoms with Gasteiger partial charge < -0.3 is 4.74 Å². The van der Waals surface area contributed by atoms with Crippen molar-refractivity contribution in [2.45, 2.75) is 39.0 Å². The van der Waals surface area contributed by atoms with Gasteiger partial charge in [0.05, 0.1) is 17.4 Å². The highest BCUT2D eigenvalue weighted by atomic mass is 19.4. The van der Waals surface area contributed by atoms with Gasteiger partial charge in [-0.15, -0.1) is 0 Å². The fourth-order valence-electron chi connectivity index (χ4n) is 2.77. The second kappa shape index (κ2) is 8.27. The number of nitrogens with zero attached hydrogens (tertiary/aromatic N) is 3. The molecule has 0 aliphatic heterocycles. The highest BCUT2D eigenvalue weighted by Crippen LogP contribution is 2.29. The van der Waals surface area contributed by atoms with E-state index in [2.05, 4.69) is 16.0 Å². The van der Waals surface area contributed by atoms with Crippen LogP contribution in [0.1, 0.15) is 46.7 Å². The van der Waals surface area contributed by atoms with E-state index in [1.807, 2.05) is 0 Å². The molecule has 0 fully saturated rings. The molecule has 0 aliphatic rings. The summed E-state index contributed by atoms with van der Waals surface area (Å²) in [4.78, 5) is 19.9. The number of methoxy groups -OCH3 is 1. The van der Waals surface area contributed by atoms with Gasteiger partial charge in [-0.05, 0) is 37.1 Å². The van der Waals surface area contributed by atoms with Crippen LogP contribution in [0.25, 0.3) is 0 Å². The molecule has 2 aromatic rings. The van der Waals surface area contributed by atoms with Crippen molar-refractivity contribution < 1.29 is 22.7 Å². The third-order valence-electron chi connectivity index (χ3n) is 4.17. The lowest BCUT2D eigenvalue weighted by atomic mass is 9.93. The number of ketones is 1. The first-order valence-corrected chi connectivity index (χ1v) is 8.12. The summed E-state index contributed by atoms with van der Waals surface area (Å²) in [5.41, 5.74) is 1.16. The number of aromatic nitrogens is 2. The number of ether oxygens (including phenoxy) is 1. The number of alkyl halides is 3. The number of halogens is 3. The molecule has 0 N–H and O–H groups in total. The van der Waals surface area contributed by atoms with Crippen LogP contribution in [0, 0.1) is 18.3 Å². The van der Waals surface area contributed by atoms with Gasteiger partial charge in [0.1, 0.15) is 17.5 Å². The van der Waals surface area contributed by atoms with Crippen LogP contribution in [0.15, 0.2) is 24.5 Å². The number of Topliss-reactive ketones (excluding diaryl/α,β-unsaturated/α-hetero) is 1. The Balaban J connectivity index is 2.28. The normalized spacial score (nSPS) is 12.5. The summed E-state index contributed by atoms with van der Waals surface area (Å²) in [5, 5.41) is 9.40. The van der Waals surface area contributed by atoms with Crippen LogP contribution in [0.2, 0.25) is 0 Å². The average molecular weight is 377 g/mol. The molecule has 5 nitrogen and oxygen atoms in total. The smallest absolute Gasteiger partial charge is 0.377 e. The molecule has 2 aromatic heterocycles. The molecule has 2 rings (SSSR count). The zero-order valence-electron chi connectivity index (χ0n) is 15.1. The van der Waals surface area contributed by atoms with Gasteiger partial charge in [-0.1, -0.05) is 0 Å². The van der Waals surface area contributed by atoms with Gasteiger partial charge in [0.25, 0.3) is 0 Å². The molecule has 8 heteroatoms. The Morgan fingerprint density at radius 1 is 1.33 bits per heavy atom. The van der Waals surface area contributed by atoms with Crippen LogP contribution in [0.4, 0.5) is 13.2 Å². The van der Waals surface area contributed by atoms with Crippen molar-refractivity contribution in [2.75, 3.05) is 7.11 Å². The molecule has 0 saturated carbocycles. The van der Waals surface area contributed by atoms with Crippen LogP contribution in [0.5, 0.6) is 0 Å². The Labute approximate surface area is 154 Å². The van der Waals surface area contributed by atoms with Crippen LogP contribution < -0.4 is 0 Å². The molecular weight excluding hydrogens is 359 g/mol. The van der Waals surface area contributed by atoms with E-state index in [4.69, 9.17) is 4.74 Å². The molecule has 142 valence electrons. The zero-order valence-corrected chi connectivity index (χ0v) is 15.1. The zero-order chi connectivity index (χ0) is 20.2. The predicted molar refractivity (Wildman–Crippen MR) is 90.8 cm³/mol. The van der Waals surface area contributed by atoms with E-state index < -0.39 is 18.0 Å². The summed E-state index contributed by atoms with van der Waals surface area (Å²) in [6.07, 6.45) is -2.70. The van der Waals surface area contributed by atoms with Crippen LogP contribution >= 0.6 is 0 Å². The van der Waals surface area contributed by atoms with Crippen molar-refractivity contribution >= 4 is 5.78 Å². The summed E-state index contributed by atoms with van der Waals surface area (Å²) in [6.45, 7) is 3.44. The molecule has 1 atom stereocenters. The average Bonchev–Trinajstić information content (AvgIpc) is 2.61. The van der Waals surface area contributed by atoms with E-state index in [0.29, 0.717) is 22.4 Å². The van der Waals surface area contributed by atoms with Crippen molar-refractivity contribution in [3.8, 4) is 6.07 Å². The highest BCUT2D eigenvalue weighted by Gasteiger charge is 2.32. The van der Waals surface area contributed by atoms with Gasteiger partial charge in [0.15, 0.2) is 0 Å². The summed E-state index contributed by atoms with van der Waals surface area (Å²) < 4.78 is 43.6. The van der Waals surface area contributed by atoms with E-state index in [9.17, 15) is 23.2 Å². The van der Waals surface area contributed by atoms with Gasteiger partial charge in [-0.2, -0.15) is 18.4 Å². The second-order valence-corrected chi connectivity index (χ2v) is 6.09. The first-order chi connectivity index (χ1) is 12.7. The van der Waals surface area contributed by atoms with E-state index in [0.717, 1.165) is 12.3 Å². The van der Waals surface area contributed by atoms with E-state index in [1.165, 1.54) is 19.4 Å². The maximum atomic E-state index is 12.8. The van der Waals surface area contributed by atoms with Gasteiger partial charge in [0.2, 0.25) is 0 Å². The maximum absolute atomic E-state index is 12.8. The van der Waals surface area contributed by atoms with Crippen molar-refractivity contribution in [2.24, 2.45) is 0 Å². The number of nitriles is 1. The Kier molecular flexibility index (Phi) is 6.28. The van der Waals surface area contributed by atoms with Crippen LogP contribution in [-0.2, 0) is 28.5 Å². The van der Waals surface area contributed by atoms with Gasteiger partial charge in [0, 0.05) is 37.9 Å². The molecule has 2 heterocycles. The number of pyridine rings is 2. The monoisotopic (exact) mass is 377 g/mol. The molecular formula is C19H18F3N3O2. The number of aryl methyl sites for hydroxylation is 1. The third kappa shape index (κ3) is 4.89. The van der Waals surface area contributed by atoms with Crippen molar-refractivity contribution in [3.05, 3.63) is 58.2 Å². The molecule has 0 amide bonds. The first-order valence-electron chi connectivity index (χ1n) is 8.12. The molecule has 0 saturated heterocycles. The molecule has 0 aliphatic carbocycles. The van der Waals surface area contributed by atoms with Gasteiger partial charge in [-0.3, -0.25) is 14.8 Å². The molecule has 0 unspecified atom stereocenters. The van der Waals surface area contributed by atoms with E-state index in [1.54, 1.807) is 13.8 Å². The lowest BCUT2D eigenvalue weighted by molar-refractivity contribution is -0.141. The first kappa shape index (κ1) is 20.5. The molecule has 0 bridgehead atoms. The molecule has 0 spiro atoms. The number of hydrogen-bond donors (Lipinski definition) is 0. The van der Waals surface area contributed by atoms with Crippen LogP contribution in [0.3, 0.4) is 0 Å². The summed E-state index contributed by atoms with van der Waals surface area (Å²) in [6, 6.07) is 4.32. The van der Waals surface area contributed by atoms with Crippen molar-refractivity contribution in [1.29, 1.82) is 5.26 Å². The Morgan fingerprint density at radius 3 is 2.63 bits per heavy atom. The number of hydrogen-bond acceptors (Lipinski definition) is 5. The van der Waals surface area contributed by atoms with Crippen molar-refractivity contribution in [1.82, 2.24) is 9.97 Å². The summed E-state index contributed by atoms with van der Waals surface area (Å²) >= 11 is 0. The Morgan fingerprint density at radius 2 is 2.04 bits per heavy atom. The highest BCUT2D eigenvalue weighted by molar-refractivity contribution is 5.83. The Hall–Kier alpha value is -2.79. The maximum Gasteiger partial charge on any atom is 0.433 e. The molecule has 0 aromatic carbocycles. The fourth-order valence-corrected chi connectivity index (χ4v) is 2.77. The number of carbonyl (C=O) groups excluding carboxylic acids is 1. The van der Waals surface area contributed by atoms with E-state index >= 15 is 0 Å². The molecule has 27 heavy (non-hydrogen) atoms. The van der Waals surface area contributed by atoms with E-state index in [-0.39, 0.29) is 24.2 Å². The van der Waals surface area contributed by atoms with Gasteiger partial charge >= 0.3 is 6.18 Å². The minimum atomic E-state index is -4.57. The SMILES string of the molecule is CO[C@@H](C)c1c(CC(=O)Cc2ccnc(C(F)(F)F)c2)cnc(C)c1C#N. The minimum Gasteiger partial charge on any atom is -0.377 e. The standard InChI is InChI=1S/C19H18F3N3O2/c1-11-16(9-23)18(12(2)27-3)14(10-25-11)8-15(26)6-13-4-5-24-17(7-13)19(20,21)22/h4-5,7,10,12H,6,8H2,1-3H3/t12-/m0/s1. The topological polar surface area (TPSA) is 75.9 Å². The third-order valence-corrected chi connectivity index (χ3v) is 4.17. The summed E-state index contributed by atoms with van der Waals surface area (Å²) in [5.74, 6) is -0.298. The predicted octanol–water partition coefficient (Wildman–Crippen LogP) is 3.74. The lowest BCUT2D eigenvalue weighted by Gasteiger charge is -2.17. The van der Waals surface area contributed by atoms with Crippen LogP contribution in [-0.4, -0.2) is 22.9 Å². The summed E-state index contributed by atoms with van der Waals surface area (Å²) in [7, 11) is 1.49. The quantitative estimate of drug-likeness (QED) is 0.767. The molecule has 0 radical (unpaired) electrons. The van der Waals surface area contributed by atoms with Gasteiger partial charge in [-0.25, -0.2) is 0 Å².